The van der Waals surface area contributed by atoms with Crippen LogP contribution < -0.4 is 14.2 Å². The van der Waals surface area contributed by atoms with E-state index in [0.29, 0.717) is 6.61 Å². The third-order valence-corrected chi connectivity index (χ3v) is 4.82. The monoisotopic (exact) mass is 425 g/mol. The highest BCUT2D eigenvalue weighted by atomic mass is 16.6. The third kappa shape index (κ3) is 7.67. The minimum atomic E-state index is -0.00558. The van der Waals surface area contributed by atoms with Crippen LogP contribution in [0.25, 0.3) is 0 Å². The fourth-order valence-electron chi connectivity index (χ4n) is 3.40. The van der Waals surface area contributed by atoms with Gasteiger partial charge in [-0.25, -0.2) is 0 Å². The minimum absolute atomic E-state index is 0.00201. The van der Waals surface area contributed by atoms with Crippen LogP contribution in [-0.2, 0) is 4.84 Å². The molecule has 0 aliphatic heterocycles. The fourth-order valence-corrected chi connectivity index (χ4v) is 3.40. The van der Waals surface area contributed by atoms with Gasteiger partial charge in [-0.05, 0) is 76.9 Å². The topological polar surface area (TPSA) is 49.3 Å². The quantitative estimate of drug-likeness (QED) is 0.242. The Kier molecular flexibility index (Phi) is 9.44. The molecule has 168 valence electrons. The third-order valence-electron chi connectivity index (χ3n) is 4.82. The molecule has 0 amide bonds. The summed E-state index contributed by atoms with van der Waals surface area (Å²) in [7, 11) is 1.54. The van der Waals surface area contributed by atoms with Crippen molar-refractivity contribution in [3.05, 3.63) is 65.2 Å². The number of allylic oxidation sites excluding steroid dienone is 1. The number of oxime groups is 1. The fraction of sp³-hybridized carbons (Fsp3) is 0.423. The average Bonchev–Trinajstić information content (AvgIpc) is 2.71. The Morgan fingerprint density at radius 2 is 1.68 bits per heavy atom. The Hall–Kier alpha value is -2.95. The largest absolute Gasteiger partial charge is 0.491 e. The molecular weight excluding hydrogens is 390 g/mol. The van der Waals surface area contributed by atoms with Gasteiger partial charge in [-0.2, -0.15) is 0 Å². The van der Waals surface area contributed by atoms with Crippen LogP contribution in [0.2, 0.25) is 0 Å². The van der Waals surface area contributed by atoms with E-state index in [2.05, 4.69) is 19.0 Å². The maximum absolute atomic E-state index is 6.27. The summed E-state index contributed by atoms with van der Waals surface area (Å²) in [6.07, 6.45) is 4.72. The zero-order valence-corrected chi connectivity index (χ0v) is 19.8. The van der Waals surface area contributed by atoms with Gasteiger partial charge < -0.3 is 19.0 Å². The van der Waals surface area contributed by atoms with Gasteiger partial charge in [0.2, 0.25) is 0 Å². The Morgan fingerprint density at radius 3 is 2.32 bits per heavy atom. The first-order chi connectivity index (χ1) is 14.8. The normalized spacial score (nSPS) is 13.7. The molecule has 0 N–H and O–H groups in total. The standard InChI is InChI=1S/C26H35NO4/c1-8-9-13-29-25-14-18(2)26(19(3)15-25)31-21(5)16-20(4)30-24-12-10-11-23(17-24)22(6)27-28-7/h8-12,14-15,17,20-21H,13,16H2,1-7H3/b9-8+,27-22+. The number of ether oxygens (including phenoxy) is 3. The van der Waals surface area contributed by atoms with E-state index in [-0.39, 0.29) is 12.2 Å². The molecule has 0 bridgehead atoms. The van der Waals surface area contributed by atoms with Gasteiger partial charge in [-0.1, -0.05) is 29.4 Å². The predicted octanol–water partition coefficient (Wildman–Crippen LogP) is 6.25. The molecule has 0 saturated heterocycles. The van der Waals surface area contributed by atoms with Gasteiger partial charge in [0.05, 0.1) is 17.9 Å². The van der Waals surface area contributed by atoms with Gasteiger partial charge in [0.15, 0.2) is 0 Å². The number of nitrogens with zero attached hydrogens (tertiary/aromatic N) is 1. The van der Waals surface area contributed by atoms with Gasteiger partial charge in [-0.3, -0.25) is 0 Å². The molecule has 0 spiro atoms. The molecule has 2 aromatic rings. The van der Waals surface area contributed by atoms with E-state index in [4.69, 9.17) is 19.0 Å². The second-order valence-corrected chi connectivity index (χ2v) is 7.75. The molecule has 0 heterocycles. The van der Waals surface area contributed by atoms with Gasteiger partial charge in [0.25, 0.3) is 0 Å². The smallest absolute Gasteiger partial charge is 0.125 e. The molecule has 5 nitrogen and oxygen atoms in total. The van der Waals surface area contributed by atoms with Crippen LogP contribution in [0.1, 0.15) is 50.8 Å². The first kappa shape index (κ1) is 24.3. The molecule has 0 aromatic heterocycles. The lowest BCUT2D eigenvalue weighted by Gasteiger charge is -2.23. The highest BCUT2D eigenvalue weighted by Crippen LogP contribution is 2.30. The van der Waals surface area contributed by atoms with Crippen molar-refractivity contribution in [3.63, 3.8) is 0 Å². The maximum atomic E-state index is 6.27. The molecule has 0 aliphatic rings. The van der Waals surface area contributed by atoms with Crippen LogP contribution >= 0.6 is 0 Å². The lowest BCUT2D eigenvalue weighted by atomic mass is 10.1. The summed E-state index contributed by atoms with van der Waals surface area (Å²) in [6.45, 7) is 12.7. The number of hydrogen-bond donors (Lipinski definition) is 0. The Labute approximate surface area is 186 Å². The van der Waals surface area contributed by atoms with Crippen LogP contribution in [0.3, 0.4) is 0 Å². The molecule has 0 aliphatic carbocycles. The minimum Gasteiger partial charge on any atom is -0.491 e. The van der Waals surface area contributed by atoms with Crippen molar-refractivity contribution in [2.45, 2.75) is 60.2 Å². The predicted molar refractivity (Wildman–Crippen MR) is 127 cm³/mol. The van der Waals surface area contributed by atoms with Crippen molar-refractivity contribution >= 4 is 5.71 Å². The molecule has 0 fully saturated rings. The second-order valence-electron chi connectivity index (χ2n) is 7.75. The summed E-state index contributed by atoms with van der Waals surface area (Å²) in [5.74, 6) is 2.57. The molecule has 2 atom stereocenters. The van der Waals surface area contributed by atoms with Crippen molar-refractivity contribution in [1.29, 1.82) is 0 Å². The summed E-state index contributed by atoms with van der Waals surface area (Å²) < 4.78 is 18.2. The molecule has 31 heavy (non-hydrogen) atoms. The Morgan fingerprint density at radius 1 is 1.00 bits per heavy atom. The van der Waals surface area contributed by atoms with E-state index in [0.717, 1.165) is 46.1 Å². The van der Waals surface area contributed by atoms with Gasteiger partial charge in [-0.15, -0.1) is 0 Å². The molecular formula is C26H35NO4. The van der Waals surface area contributed by atoms with Crippen molar-refractivity contribution < 1.29 is 19.0 Å². The highest BCUT2D eigenvalue weighted by molar-refractivity contribution is 5.98. The molecule has 2 rings (SSSR count). The first-order valence-corrected chi connectivity index (χ1v) is 10.7. The van der Waals surface area contributed by atoms with E-state index >= 15 is 0 Å². The van der Waals surface area contributed by atoms with Crippen LogP contribution in [0.15, 0.2) is 53.7 Å². The zero-order valence-electron chi connectivity index (χ0n) is 19.8. The van der Waals surface area contributed by atoms with Gasteiger partial charge in [0.1, 0.15) is 31.0 Å². The molecule has 0 radical (unpaired) electrons. The van der Waals surface area contributed by atoms with Crippen LogP contribution in [0.4, 0.5) is 0 Å². The van der Waals surface area contributed by atoms with Gasteiger partial charge in [0, 0.05) is 12.0 Å². The first-order valence-electron chi connectivity index (χ1n) is 10.7. The van der Waals surface area contributed by atoms with Crippen LogP contribution in [-0.4, -0.2) is 31.6 Å². The average molecular weight is 426 g/mol. The molecule has 5 heteroatoms. The number of aryl methyl sites for hydroxylation is 2. The van der Waals surface area contributed by atoms with E-state index in [1.807, 2.05) is 76.2 Å². The summed E-state index contributed by atoms with van der Waals surface area (Å²) in [4.78, 5) is 4.86. The summed E-state index contributed by atoms with van der Waals surface area (Å²) >= 11 is 0. The summed E-state index contributed by atoms with van der Waals surface area (Å²) in [6, 6.07) is 11.9. The summed E-state index contributed by atoms with van der Waals surface area (Å²) in [5.41, 5.74) is 3.91. The number of hydrogen-bond acceptors (Lipinski definition) is 5. The number of benzene rings is 2. The SMILES string of the molecule is C/C=C/COc1cc(C)c(OC(C)CC(C)Oc2cccc(/C(C)=N/OC)c2)c(C)c1. The summed E-state index contributed by atoms with van der Waals surface area (Å²) in [5, 5.41) is 3.98. The molecule has 0 saturated carbocycles. The van der Waals surface area contributed by atoms with Gasteiger partial charge >= 0.3 is 0 Å². The van der Waals surface area contributed by atoms with Crippen molar-refractivity contribution in [2.75, 3.05) is 13.7 Å². The van der Waals surface area contributed by atoms with Crippen molar-refractivity contribution in [3.8, 4) is 17.2 Å². The van der Waals surface area contributed by atoms with E-state index in [9.17, 15) is 0 Å². The van der Waals surface area contributed by atoms with Crippen LogP contribution in [0.5, 0.6) is 17.2 Å². The van der Waals surface area contributed by atoms with Crippen molar-refractivity contribution in [2.24, 2.45) is 5.16 Å². The molecule has 2 unspecified atom stereocenters. The highest BCUT2D eigenvalue weighted by Gasteiger charge is 2.15. The number of rotatable bonds is 11. The Balaban J connectivity index is 1.97. The van der Waals surface area contributed by atoms with E-state index in [1.54, 1.807) is 7.11 Å². The maximum Gasteiger partial charge on any atom is 0.125 e. The zero-order chi connectivity index (χ0) is 22.8. The van der Waals surface area contributed by atoms with E-state index < -0.39 is 0 Å². The van der Waals surface area contributed by atoms with Crippen LogP contribution in [0, 0.1) is 13.8 Å². The molecule has 2 aromatic carbocycles. The lowest BCUT2D eigenvalue weighted by molar-refractivity contribution is 0.129. The lowest BCUT2D eigenvalue weighted by Crippen LogP contribution is -2.23. The Bertz CT molecular complexity index is 881. The second kappa shape index (κ2) is 12.0. The van der Waals surface area contributed by atoms with Crippen molar-refractivity contribution in [1.82, 2.24) is 0 Å². The van der Waals surface area contributed by atoms with E-state index in [1.165, 1.54) is 0 Å².